The number of carbonyl (C=O) groups is 1. The number of hydroxylamine groups is 1. The van der Waals surface area contributed by atoms with E-state index >= 15 is 0 Å². The van der Waals surface area contributed by atoms with Crippen LogP contribution in [0.2, 0.25) is 0 Å². The fourth-order valence-corrected chi connectivity index (χ4v) is 6.75. The molecule has 0 spiro atoms. The summed E-state index contributed by atoms with van der Waals surface area (Å²) in [6, 6.07) is 18.1. The Labute approximate surface area is 235 Å². The van der Waals surface area contributed by atoms with Crippen LogP contribution in [0.5, 0.6) is 17.2 Å². The lowest BCUT2D eigenvalue weighted by molar-refractivity contribution is -0.129. The van der Waals surface area contributed by atoms with Gasteiger partial charge in [0.05, 0.1) is 23.5 Å². The molecule has 1 unspecified atom stereocenters. The van der Waals surface area contributed by atoms with Crippen molar-refractivity contribution >= 4 is 15.7 Å². The molecule has 1 aromatic heterocycles. The Morgan fingerprint density at radius 1 is 1.02 bits per heavy atom. The highest BCUT2D eigenvalue weighted by Gasteiger charge is 2.32. The summed E-state index contributed by atoms with van der Waals surface area (Å²) in [7, 11) is -2.42. The molecule has 2 N–H and O–H groups in total. The summed E-state index contributed by atoms with van der Waals surface area (Å²) in [6.07, 6.45) is 7.44. The number of aryl methyl sites for hydroxylation is 1. The van der Waals surface area contributed by atoms with E-state index in [1.165, 1.54) is 24.8 Å². The van der Waals surface area contributed by atoms with E-state index in [1.54, 1.807) is 23.9 Å². The number of rotatable bonds is 14. The molecule has 10 heteroatoms. The van der Waals surface area contributed by atoms with Crippen LogP contribution in [0.1, 0.15) is 50.5 Å². The van der Waals surface area contributed by atoms with E-state index in [0.29, 0.717) is 30.1 Å². The Hall–Kier alpha value is -3.63. The lowest BCUT2D eigenvalue weighted by Gasteiger charge is -2.20. The number of ether oxygens (including phenoxy) is 3. The Morgan fingerprint density at radius 2 is 1.80 bits per heavy atom. The zero-order valence-electron chi connectivity index (χ0n) is 22.6. The molecule has 9 nitrogen and oxygen atoms in total. The SMILES string of the molecule is COc1ccc(S(=O)(=O)C(CCCCc2ccccc2)CC(=O)NO)cc1O[C@H]1CC[C@H](Oc2cccnc2)C1. The van der Waals surface area contributed by atoms with Crippen molar-refractivity contribution in [2.45, 2.75) is 73.7 Å². The molecule has 214 valence electrons. The Bertz CT molecular complexity index is 1340. The third-order valence-corrected chi connectivity index (χ3v) is 9.28. The summed E-state index contributed by atoms with van der Waals surface area (Å²) in [4.78, 5) is 16.1. The van der Waals surface area contributed by atoms with Crippen molar-refractivity contribution in [3.8, 4) is 17.2 Å². The first kappa shape index (κ1) is 29.4. The van der Waals surface area contributed by atoms with Gasteiger partial charge >= 0.3 is 0 Å². The van der Waals surface area contributed by atoms with Gasteiger partial charge in [-0.25, -0.2) is 13.9 Å². The third-order valence-electron chi connectivity index (χ3n) is 7.09. The predicted octanol–water partition coefficient (Wildman–Crippen LogP) is 4.92. The van der Waals surface area contributed by atoms with Gasteiger partial charge in [0.15, 0.2) is 21.3 Å². The molecular formula is C30H36N2O7S. The zero-order valence-corrected chi connectivity index (χ0v) is 23.4. The molecule has 4 rings (SSSR count). The molecule has 0 bridgehead atoms. The molecule has 1 fully saturated rings. The maximum absolute atomic E-state index is 13.7. The number of aromatic nitrogens is 1. The van der Waals surface area contributed by atoms with Gasteiger partial charge in [-0.15, -0.1) is 0 Å². The van der Waals surface area contributed by atoms with E-state index in [2.05, 4.69) is 4.98 Å². The van der Waals surface area contributed by atoms with E-state index in [1.807, 2.05) is 42.5 Å². The molecule has 1 saturated carbocycles. The highest BCUT2D eigenvalue weighted by atomic mass is 32.2. The average Bonchev–Trinajstić information content (AvgIpc) is 3.41. The average molecular weight is 569 g/mol. The molecule has 1 amide bonds. The standard InChI is InChI=1S/C30H36N2O7S/c1-37-28-16-15-27(19-29(28)39-24-14-13-23(18-24)38-25-11-7-17-31-21-25)40(35,36)26(20-30(33)32-34)12-6-5-10-22-8-3-2-4-9-22/h2-4,7-9,11,15-17,19,21,23-24,26,34H,5-6,10,12-14,18,20H2,1H3,(H,32,33)/t23-,24-,26?/m0/s1. The second-order valence-corrected chi connectivity index (χ2v) is 12.2. The van der Waals surface area contributed by atoms with Gasteiger partial charge in [0, 0.05) is 25.1 Å². The van der Waals surface area contributed by atoms with Crippen molar-refractivity contribution in [3.05, 3.63) is 78.6 Å². The van der Waals surface area contributed by atoms with E-state index in [9.17, 15) is 13.2 Å². The number of pyridine rings is 1. The first-order valence-corrected chi connectivity index (χ1v) is 15.1. The van der Waals surface area contributed by atoms with Crippen LogP contribution < -0.4 is 19.7 Å². The van der Waals surface area contributed by atoms with Crippen LogP contribution in [-0.4, -0.2) is 49.1 Å². The minimum Gasteiger partial charge on any atom is -0.493 e. The molecule has 1 aliphatic carbocycles. The fraction of sp³-hybridized carbons (Fsp3) is 0.400. The quantitative estimate of drug-likeness (QED) is 0.160. The van der Waals surface area contributed by atoms with Crippen LogP contribution >= 0.6 is 0 Å². The van der Waals surface area contributed by atoms with E-state index in [-0.39, 0.29) is 29.9 Å². The zero-order chi connectivity index (χ0) is 28.4. The van der Waals surface area contributed by atoms with Crippen molar-refractivity contribution in [2.75, 3.05) is 7.11 Å². The first-order valence-electron chi connectivity index (χ1n) is 13.5. The van der Waals surface area contributed by atoms with E-state index in [0.717, 1.165) is 25.7 Å². The highest BCUT2D eigenvalue weighted by molar-refractivity contribution is 7.92. The summed E-state index contributed by atoms with van der Waals surface area (Å²) in [5.41, 5.74) is 2.74. The van der Waals surface area contributed by atoms with Gasteiger partial charge in [-0.2, -0.15) is 0 Å². The van der Waals surface area contributed by atoms with Crippen molar-refractivity contribution in [1.82, 2.24) is 10.5 Å². The van der Waals surface area contributed by atoms with Crippen molar-refractivity contribution in [2.24, 2.45) is 0 Å². The van der Waals surface area contributed by atoms with E-state index in [4.69, 9.17) is 19.4 Å². The van der Waals surface area contributed by atoms with Gasteiger partial charge in [0.2, 0.25) is 5.91 Å². The number of methoxy groups -OCH3 is 1. The van der Waals surface area contributed by atoms with Gasteiger partial charge in [-0.3, -0.25) is 15.0 Å². The summed E-state index contributed by atoms with van der Waals surface area (Å²) in [6.45, 7) is 0. The van der Waals surface area contributed by atoms with Crippen LogP contribution in [0.15, 0.2) is 78.0 Å². The minimum absolute atomic E-state index is 0.0376. The fourth-order valence-electron chi connectivity index (χ4n) is 4.99. The first-order chi connectivity index (χ1) is 19.4. The maximum Gasteiger partial charge on any atom is 0.244 e. The summed E-state index contributed by atoms with van der Waals surface area (Å²) >= 11 is 0. The smallest absolute Gasteiger partial charge is 0.244 e. The predicted molar refractivity (Wildman–Crippen MR) is 149 cm³/mol. The minimum atomic E-state index is -3.92. The molecule has 0 aliphatic heterocycles. The number of nitrogens with zero attached hydrogens (tertiary/aromatic N) is 1. The second-order valence-electron chi connectivity index (χ2n) is 9.93. The molecule has 3 aromatic rings. The monoisotopic (exact) mass is 568 g/mol. The van der Waals surface area contributed by atoms with Gasteiger partial charge in [-0.1, -0.05) is 36.8 Å². The Morgan fingerprint density at radius 3 is 2.50 bits per heavy atom. The number of hydrogen-bond acceptors (Lipinski definition) is 8. The third kappa shape index (κ3) is 7.95. The maximum atomic E-state index is 13.7. The highest BCUT2D eigenvalue weighted by Crippen LogP contribution is 2.36. The molecule has 0 saturated heterocycles. The number of unbranched alkanes of at least 4 members (excludes halogenated alkanes) is 1. The number of benzene rings is 2. The normalized spacial score (nSPS) is 17.6. The number of sulfone groups is 1. The summed E-state index contributed by atoms with van der Waals surface area (Å²) < 4.78 is 45.1. The van der Waals surface area contributed by atoms with Crippen molar-refractivity contribution < 1.29 is 32.6 Å². The molecule has 2 aromatic carbocycles. The summed E-state index contributed by atoms with van der Waals surface area (Å²) in [5.74, 6) is 0.695. The van der Waals surface area contributed by atoms with Crippen LogP contribution in [0.25, 0.3) is 0 Å². The topological polar surface area (TPSA) is 124 Å². The van der Waals surface area contributed by atoms with Crippen molar-refractivity contribution in [1.29, 1.82) is 0 Å². The number of nitrogens with one attached hydrogen (secondary N) is 1. The van der Waals surface area contributed by atoms with Crippen LogP contribution in [0, 0.1) is 0 Å². The summed E-state index contributed by atoms with van der Waals surface area (Å²) in [5, 5.41) is 8.08. The van der Waals surface area contributed by atoms with Gasteiger partial charge in [0.25, 0.3) is 0 Å². The Kier molecular flexibility index (Phi) is 10.4. The molecule has 1 heterocycles. The largest absolute Gasteiger partial charge is 0.493 e. The molecule has 3 atom stereocenters. The van der Waals surface area contributed by atoms with E-state index < -0.39 is 21.0 Å². The van der Waals surface area contributed by atoms with Crippen LogP contribution in [0.3, 0.4) is 0 Å². The molecule has 40 heavy (non-hydrogen) atoms. The van der Waals surface area contributed by atoms with Gasteiger partial charge < -0.3 is 14.2 Å². The molecule has 1 aliphatic rings. The van der Waals surface area contributed by atoms with Crippen molar-refractivity contribution in [3.63, 3.8) is 0 Å². The number of amides is 1. The van der Waals surface area contributed by atoms with Gasteiger partial charge in [-0.05, 0) is 61.9 Å². The lowest BCUT2D eigenvalue weighted by Crippen LogP contribution is -2.30. The van der Waals surface area contributed by atoms with Crippen LogP contribution in [0.4, 0.5) is 0 Å². The molecular weight excluding hydrogens is 532 g/mol. The molecule has 0 radical (unpaired) electrons. The second kappa shape index (κ2) is 14.1. The van der Waals surface area contributed by atoms with Gasteiger partial charge in [0.1, 0.15) is 18.0 Å². The number of hydrogen-bond donors (Lipinski definition) is 2. The Balaban J connectivity index is 1.44. The number of carbonyl (C=O) groups excluding carboxylic acids is 1. The van der Waals surface area contributed by atoms with Crippen LogP contribution in [-0.2, 0) is 21.1 Å². The lowest BCUT2D eigenvalue weighted by atomic mass is 10.1.